The van der Waals surface area contributed by atoms with Gasteiger partial charge in [-0.2, -0.15) is 5.26 Å². The third kappa shape index (κ3) is 6.33. The molecular formula is C27H38N2O4. The van der Waals surface area contributed by atoms with E-state index in [9.17, 15) is 5.26 Å². The highest BCUT2D eigenvalue weighted by Gasteiger charge is 2.36. The van der Waals surface area contributed by atoms with Gasteiger partial charge in [0.15, 0.2) is 23.0 Å². The summed E-state index contributed by atoms with van der Waals surface area (Å²) in [5.41, 5.74) is -4.71. The van der Waals surface area contributed by atoms with Crippen molar-refractivity contribution in [1.29, 1.82) is 5.26 Å². The molecule has 0 amide bonds. The summed E-state index contributed by atoms with van der Waals surface area (Å²) in [6, 6.07) is 2.49. The van der Waals surface area contributed by atoms with Crippen molar-refractivity contribution in [3.8, 4) is 29.1 Å². The highest BCUT2D eigenvalue weighted by atomic mass is 16.5. The number of hydrogen-bond acceptors (Lipinski definition) is 6. The summed E-state index contributed by atoms with van der Waals surface area (Å²) in [4.78, 5) is -0.118. The van der Waals surface area contributed by atoms with Crippen molar-refractivity contribution in [1.82, 2.24) is 4.90 Å². The lowest BCUT2D eigenvalue weighted by atomic mass is 9.69. The van der Waals surface area contributed by atoms with Gasteiger partial charge in [0.1, 0.15) is 0 Å². The maximum atomic E-state index is 10.8. The monoisotopic (exact) mass is 472 g/mol. The zero-order chi connectivity index (χ0) is 39.9. The second-order valence-electron chi connectivity index (χ2n) is 6.61. The van der Waals surface area contributed by atoms with Gasteiger partial charge in [-0.05, 0) is 73.9 Å². The minimum atomic E-state index is -4.25. The number of benzene rings is 2. The Morgan fingerprint density at radius 1 is 1.06 bits per heavy atom. The van der Waals surface area contributed by atoms with Crippen LogP contribution in [0.15, 0.2) is 36.3 Å². The zero-order valence-corrected chi connectivity index (χ0v) is 18.8. The number of hydrogen-bond donors (Lipinski definition) is 0. The summed E-state index contributed by atoms with van der Waals surface area (Å²) < 4.78 is 173. The minimum Gasteiger partial charge on any atom is -0.493 e. The van der Waals surface area contributed by atoms with Crippen LogP contribution in [-0.4, -0.2) is 53.4 Å². The van der Waals surface area contributed by atoms with E-state index in [-0.39, 0.29) is 33.5 Å². The van der Waals surface area contributed by atoms with Crippen molar-refractivity contribution in [2.75, 3.05) is 48.5 Å². The largest absolute Gasteiger partial charge is 0.493 e. The van der Waals surface area contributed by atoms with Gasteiger partial charge in [0, 0.05) is 27.1 Å². The van der Waals surface area contributed by atoms with Gasteiger partial charge in [-0.1, -0.05) is 25.8 Å². The van der Waals surface area contributed by atoms with E-state index in [1.165, 1.54) is 13.2 Å². The van der Waals surface area contributed by atoms with Crippen LogP contribution in [0.2, 0.25) is 0 Å². The average Bonchev–Trinajstić information content (AvgIpc) is 3.00. The molecular weight excluding hydrogens is 416 g/mol. The topological polar surface area (TPSA) is 64.0 Å². The van der Waals surface area contributed by atoms with Crippen LogP contribution in [0, 0.1) is 17.2 Å². The molecule has 0 saturated heterocycles. The van der Waals surface area contributed by atoms with Crippen molar-refractivity contribution in [3.05, 3.63) is 47.5 Å². The SMILES string of the molecule is [2H]c1c([2H])c(OC)c(OC)c([2H])c1CCN(C([2H])([2H])[2H])C([2H])([2H])C([2H])([2H])C([2H])([2H])C(C#N)(c1ccc(OC)c(OC)c1)C(C([2H])([2H])[2H])C([2H])([2H])[2H]. The van der Waals surface area contributed by atoms with Crippen LogP contribution >= 0.6 is 0 Å². The normalized spacial score (nSPS) is 23.3. The van der Waals surface area contributed by atoms with E-state index in [1.54, 1.807) is 0 Å². The molecule has 0 saturated carbocycles. The molecule has 33 heavy (non-hydrogen) atoms. The predicted octanol–water partition coefficient (Wildman–Crippen LogP) is 5.09. The fourth-order valence-electron chi connectivity index (χ4n) is 2.85. The van der Waals surface area contributed by atoms with Gasteiger partial charge >= 0.3 is 0 Å². The van der Waals surface area contributed by atoms with Gasteiger partial charge in [0.2, 0.25) is 0 Å². The van der Waals surface area contributed by atoms with Crippen molar-refractivity contribution in [2.24, 2.45) is 5.92 Å². The molecule has 0 bridgehead atoms. The Morgan fingerprint density at radius 3 is 2.39 bits per heavy atom. The van der Waals surface area contributed by atoms with Crippen molar-refractivity contribution in [2.45, 2.75) is 38.3 Å². The van der Waals surface area contributed by atoms with Gasteiger partial charge in [-0.15, -0.1) is 0 Å². The molecule has 2 aromatic rings. The van der Waals surface area contributed by atoms with Crippen LogP contribution in [0.4, 0.5) is 0 Å². The number of likely N-dealkylation sites (N-methyl/N-ethyl adjacent to an activating group) is 1. The number of methoxy groups -OCH3 is 4. The highest BCUT2D eigenvalue weighted by molar-refractivity contribution is 5.47. The van der Waals surface area contributed by atoms with Gasteiger partial charge in [0.25, 0.3) is 0 Å². The Bertz CT molecular complexity index is 1600. The first kappa shape index (κ1) is 10.6. The minimum absolute atomic E-state index is 0.0339. The fraction of sp³-hybridized carbons (Fsp3) is 0.519. The quantitative estimate of drug-likeness (QED) is 0.404. The average molecular weight is 473 g/mol. The second kappa shape index (κ2) is 12.4. The molecule has 1 atom stereocenters. The van der Waals surface area contributed by atoms with Crippen LogP contribution in [-0.2, 0) is 11.8 Å². The lowest BCUT2D eigenvalue weighted by molar-refractivity contribution is 0.292. The van der Waals surface area contributed by atoms with Crippen LogP contribution in [0.3, 0.4) is 0 Å². The molecule has 0 spiro atoms. The Morgan fingerprint density at radius 2 is 1.79 bits per heavy atom. The first-order valence-electron chi connectivity index (χ1n) is 18.6. The van der Waals surface area contributed by atoms with E-state index in [2.05, 4.69) is 0 Å². The number of nitrogens with zero attached hydrogens (tertiary/aromatic N) is 2. The molecule has 0 fully saturated rings. The van der Waals surface area contributed by atoms with Gasteiger partial charge in [0.05, 0.1) is 44.0 Å². The van der Waals surface area contributed by atoms with E-state index in [0.29, 0.717) is 0 Å². The van der Waals surface area contributed by atoms with Gasteiger partial charge in [-0.3, -0.25) is 0 Å². The summed E-state index contributed by atoms with van der Waals surface area (Å²) in [6.07, 6.45) is -9.17. The molecule has 0 aliphatic heterocycles. The standard InChI is InChI=1S/C27H38N2O4/c1-20(2)27(19-28,22-10-12-24(31-5)26(18-22)33-7)14-8-15-29(3)16-13-21-9-11-23(30-4)25(17-21)32-6/h9-12,17-18,20H,8,13-16H2,1-7H3/i1D3,2D3,3D3,8D2,9D,11D,14D2,15D2,17D. The summed E-state index contributed by atoms with van der Waals surface area (Å²) in [6.45, 7) is -16.2. The molecule has 6 nitrogen and oxygen atoms in total. The maximum Gasteiger partial charge on any atom is 0.161 e. The highest BCUT2D eigenvalue weighted by Crippen LogP contribution is 2.40. The molecule has 0 radical (unpaired) electrons. The molecule has 2 rings (SSSR count). The van der Waals surface area contributed by atoms with E-state index in [0.717, 1.165) is 39.5 Å². The first-order chi connectivity index (χ1) is 23.0. The molecule has 0 heterocycles. The van der Waals surface area contributed by atoms with E-state index < -0.39 is 87.9 Å². The summed E-state index contributed by atoms with van der Waals surface area (Å²) >= 11 is 0. The van der Waals surface area contributed by atoms with E-state index >= 15 is 0 Å². The van der Waals surface area contributed by atoms with E-state index in [4.69, 9.17) is 43.6 Å². The Labute approximate surface area is 224 Å². The molecule has 0 aromatic heterocycles. The molecule has 6 heteroatoms. The second-order valence-corrected chi connectivity index (χ2v) is 6.61. The Hall–Kier alpha value is -2.91. The molecule has 1 unspecified atom stereocenters. The lowest BCUT2D eigenvalue weighted by Crippen LogP contribution is -2.32. The fourth-order valence-corrected chi connectivity index (χ4v) is 2.85. The molecule has 0 aliphatic rings. The van der Waals surface area contributed by atoms with Crippen molar-refractivity contribution >= 4 is 0 Å². The smallest absolute Gasteiger partial charge is 0.161 e. The van der Waals surface area contributed by atoms with Gasteiger partial charge < -0.3 is 23.8 Å². The van der Waals surface area contributed by atoms with Gasteiger partial charge in [-0.25, -0.2) is 0 Å². The predicted molar refractivity (Wildman–Crippen MR) is 132 cm³/mol. The molecule has 180 valence electrons. The van der Waals surface area contributed by atoms with Crippen LogP contribution in [0.25, 0.3) is 0 Å². The lowest BCUT2D eigenvalue weighted by Gasteiger charge is -2.32. The Balaban J connectivity index is 3.01. The third-order valence-corrected chi connectivity index (χ3v) is 4.69. The van der Waals surface area contributed by atoms with Crippen LogP contribution < -0.4 is 18.9 Å². The molecule has 2 aromatic carbocycles. The number of nitriles is 1. The first-order valence-corrected chi connectivity index (χ1v) is 9.64. The molecule has 0 N–H and O–H groups in total. The number of rotatable bonds is 13. The Kier molecular flexibility index (Phi) is 3.96. The summed E-state index contributed by atoms with van der Waals surface area (Å²) in [5, 5.41) is 10.8. The van der Waals surface area contributed by atoms with Crippen LogP contribution in [0.5, 0.6) is 23.0 Å². The summed E-state index contributed by atoms with van der Waals surface area (Å²) in [5.74, 6) is -3.92. The zero-order valence-electron chi connectivity index (χ0n) is 36.8. The summed E-state index contributed by atoms with van der Waals surface area (Å²) in [7, 11) is 4.62. The van der Waals surface area contributed by atoms with Crippen molar-refractivity contribution in [3.63, 3.8) is 0 Å². The third-order valence-electron chi connectivity index (χ3n) is 4.69. The van der Waals surface area contributed by atoms with Crippen LogP contribution in [0.1, 0.15) is 62.3 Å². The maximum absolute atomic E-state index is 10.8. The molecule has 0 aliphatic carbocycles. The van der Waals surface area contributed by atoms with E-state index in [1.807, 2.05) is 0 Å². The number of ether oxygens (including phenoxy) is 4. The van der Waals surface area contributed by atoms with Crippen molar-refractivity contribution < 1.29 is 43.6 Å².